The van der Waals surface area contributed by atoms with E-state index in [4.69, 9.17) is 9.47 Å². The third-order valence-electron chi connectivity index (χ3n) is 7.65. The van der Waals surface area contributed by atoms with Gasteiger partial charge in [-0.3, -0.25) is 0 Å². The van der Waals surface area contributed by atoms with E-state index >= 15 is 0 Å². The third kappa shape index (κ3) is 13.0. The second kappa shape index (κ2) is 18.0. The Morgan fingerprint density at radius 3 is 2.05 bits per heavy atom. The maximum absolute atomic E-state index is 12.7. The molecule has 0 bridgehead atoms. The van der Waals surface area contributed by atoms with E-state index < -0.39 is 0 Å². The molecular formula is C34H54NO3+. The predicted octanol–water partition coefficient (Wildman–Crippen LogP) is 8.52. The van der Waals surface area contributed by atoms with Crippen LogP contribution in [0, 0.1) is 0 Å². The number of rotatable bonds is 20. The van der Waals surface area contributed by atoms with E-state index in [1.165, 1.54) is 75.3 Å². The number of quaternary nitrogens is 1. The molecule has 0 saturated carbocycles. The number of esters is 1. The predicted molar refractivity (Wildman–Crippen MR) is 159 cm³/mol. The van der Waals surface area contributed by atoms with Gasteiger partial charge in [-0.2, -0.15) is 0 Å². The number of aryl methyl sites for hydroxylation is 1. The maximum atomic E-state index is 12.7. The molecule has 0 spiro atoms. The Balaban J connectivity index is 1.63. The van der Waals surface area contributed by atoms with E-state index in [1.807, 2.05) is 38.1 Å². The topological polar surface area (TPSA) is 35.5 Å². The molecule has 2 aromatic carbocycles. The first-order chi connectivity index (χ1) is 18.3. The van der Waals surface area contributed by atoms with Crippen LogP contribution in [0.1, 0.15) is 103 Å². The number of ether oxygens (including phenoxy) is 2. The van der Waals surface area contributed by atoms with Crippen molar-refractivity contribution >= 4 is 5.97 Å². The fourth-order valence-electron chi connectivity index (χ4n) is 4.80. The van der Waals surface area contributed by atoms with Crippen LogP contribution in [0.15, 0.2) is 54.6 Å². The minimum atomic E-state index is -0.242. The Morgan fingerprint density at radius 1 is 0.789 bits per heavy atom. The molecule has 0 radical (unpaired) electrons. The fourth-order valence-corrected chi connectivity index (χ4v) is 4.80. The van der Waals surface area contributed by atoms with Crippen molar-refractivity contribution in [2.75, 3.05) is 20.7 Å². The van der Waals surface area contributed by atoms with Crippen LogP contribution in [0.25, 0.3) is 0 Å². The van der Waals surface area contributed by atoms with Crippen molar-refractivity contribution in [1.29, 1.82) is 0 Å². The molecule has 4 heteroatoms. The Labute approximate surface area is 233 Å². The lowest BCUT2D eigenvalue weighted by Crippen LogP contribution is -2.51. The van der Waals surface area contributed by atoms with Crippen molar-refractivity contribution in [1.82, 2.24) is 0 Å². The molecule has 0 saturated heterocycles. The van der Waals surface area contributed by atoms with Gasteiger partial charge in [-0.1, -0.05) is 107 Å². The largest absolute Gasteiger partial charge is 0.491 e. The van der Waals surface area contributed by atoms with E-state index in [-0.39, 0.29) is 18.1 Å². The summed E-state index contributed by atoms with van der Waals surface area (Å²) in [6, 6.07) is 18.5. The van der Waals surface area contributed by atoms with Crippen molar-refractivity contribution in [3.63, 3.8) is 0 Å². The standard InChI is InChI=1S/C34H54NO3/c1-6-7-8-9-10-11-12-13-14-16-20-31-23-19-24-33(27-31)38-29(2)25-26-37-34(36)30(3)35(4,5)28-32-21-17-15-18-22-32/h15,17-19,21-24,27,29-30H,6-14,16,20,25-26,28H2,1-5H3/q+1. The van der Waals surface area contributed by atoms with Gasteiger partial charge in [0.25, 0.3) is 0 Å². The molecule has 0 heterocycles. The highest BCUT2D eigenvalue weighted by Gasteiger charge is 2.32. The monoisotopic (exact) mass is 524 g/mol. The van der Waals surface area contributed by atoms with Gasteiger partial charge in [-0.05, 0) is 44.4 Å². The summed E-state index contributed by atoms with van der Waals surface area (Å²) in [6.45, 7) is 7.42. The molecule has 0 aromatic heterocycles. The first-order valence-corrected chi connectivity index (χ1v) is 15.1. The normalized spacial score (nSPS) is 13.2. The molecule has 212 valence electrons. The van der Waals surface area contributed by atoms with Crippen LogP contribution < -0.4 is 4.74 Å². The van der Waals surface area contributed by atoms with Gasteiger partial charge in [-0.25, -0.2) is 4.79 Å². The van der Waals surface area contributed by atoms with Gasteiger partial charge < -0.3 is 14.0 Å². The molecule has 38 heavy (non-hydrogen) atoms. The molecular weight excluding hydrogens is 470 g/mol. The third-order valence-corrected chi connectivity index (χ3v) is 7.65. The molecule has 0 amide bonds. The molecule has 0 fully saturated rings. The molecule has 0 aliphatic heterocycles. The van der Waals surface area contributed by atoms with Gasteiger partial charge in [-0.15, -0.1) is 0 Å². The summed E-state index contributed by atoms with van der Waals surface area (Å²) in [5, 5.41) is 0. The number of carbonyl (C=O) groups is 1. The number of nitrogens with zero attached hydrogens (tertiary/aromatic N) is 1. The van der Waals surface area contributed by atoms with Crippen LogP contribution in [0.3, 0.4) is 0 Å². The maximum Gasteiger partial charge on any atom is 0.364 e. The number of hydrogen-bond acceptors (Lipinski definition) is 3. The van der Waals surface area contributed by atoms with E-state index in [0.717, 1.165) is 18.7 Å². The molecule has 2 unspecified atom stereocenters. The zero-order valence-corrected chi connectivity index (χ0v) is 24.9. The SMILES string of the molecule is CCCCCCCCCCCCc1cccc(OC(C)CCOC(=O)C(C)[N+](C)(C)Cc2ccccc2)c1. The molecule has 0 aliphatic rings. The smallest absolute Gasteiger partial charge is 0.364 e. The highest BCUT2D eigenvalue weighted by atomic mass is 16.5. The molecule has 2 aromatic rings. The Kier molecular flexibility index (Phi) is 15.1. The highest BCUT2D eigenvalue weighted by Crippen LogP contribution is 2.19. The van der Waals surface area contributed by atoms with Crippen LogP contribution in [0.4, 0.5) is 0 Å². The minimum Gasteiger partial charge on any atom is -0.491 e. The first kappa shape index (κ1) is 31.9. The van der Waals surface area contributed by atoms with Crippen LogP contribution in [0.5, 0.6) is 5.75 Å². The Bertz CT molecular complexity index is 896. The number of benzene rings is 2. The van der Waals surface area contributed by atoms with Gasteiger partial charge in [0.2, 0.25) is 0 Å². The van der Waals surface area contributed by atoms with Crippen molar-refractivity contribution in [2.45, 2.75) is 117 Å². The second-order valence-corrected chi connectivity index (χ2v) is 11.6. The summed E-state index contributed by atoms with van der Waals surface area (Å²) < 4.78 is 12.3. The average Bonchev–Trinajstić information content (AvgIpc) is 2.89. The van der Waals surface area contributed by atoms with Crippen LogP contribution in [-0.2, 0) is 22.5 Å². The second-order valence-electron chi connectivity index (χ2n) is 11.6. The fraction of sp³-hybridized carbons (Fsp3) is 0.618. The molecule has 0 aliphatic carbocycles. The quantitative estimate of drug-likeness (QED) is 0.0989. The van der Waals surface area contributed by atoms with Crippen molar-refractivity contribution in [3.05, 3.63) is 65.7 Å². The first-order valence-electron chi connectivity index (χ1n) is 15.1. The van der Waals surface area contributed by atoms with Gasteiger partial charge in [0.05, 0.1) is 26.8 Å². The number of likely N-dealkylation sites (N-methyl/N-ethyl adjacent to an activating group) is 1. The minimum absolute atomic E-state index is 0.0162. The van der Waals surface area contributed by atoms with Crippen LogP contribution in [-0.4, -0.2) is 43.3 Å². The van der Waals surface area contributed by atoms with Gasteiger partial charge >= 0.3 is 5.97 Å². The molecule has 4 nitrogen and oxygen atoms in total. The lowest BCUT2D eigenvalue weighted by molar-refractivity contribution is -0.917. The highest BCUT2D eigenvalue weighted by molar-refractivity contribution is 5.74. The number of unbranched alkanes of at least 4 members (excludes halogenated alkanes) is 9. The molecule has 2 atom stereocenters. The van der Waals surface area contributed by atoms with Crippen LogP contribution in [0.2, 0.25) is 0 Å². The van der Waals surface area contributed by atoms with Gasteiger partial charge in [0.15, 0.2) is 6.04 Å². The summed E-state index contributed by atoms with van der Waals surface area (Å²) in [7, 11) is 4.15. The van der Waals surface area contributed by atoms with Gasteiger partial charge in [0.1, 0.15) is 12.3 Å². The van der Waals surface area contributed by atoms with Crippen molar-refractivity contribution < 1.29 is 18.8 Å². The average molecular weight is 525 g/mol. The Hall–Kier alpha value is -2.33. The summed E-state index contributed by atoms with van der Waals surface area (Å²) in [6.07, 6.45) is 15.4. The Morgan fingerprint density at radius 2 is 1.39 bits per heavy atom. The summed E-state index contributed by atoms with van der Waals surface area (Å²) in [5.41, 5.74) is 2.56. The zero-order chi connectivity index (χ0) is 27.6. The zero-order valence-electron chi connectivity index (χ0n) is 24.9. The van der Waals surface area contributed by atoms with Crippen molar-refractivity contribution in [2.24, 2.45) is 0 Å². The molecule has 0 N–H and O–H groups in total. The number of hydrogen-bond donors (Lipinski definition) is 0. The number of carbonyl (C=O) groups excluding carboxylic acids is 1. The van der Waals surface area contributed by atoms with Crippen LogP contribution >= 0.6 is 0 Å². The lowest BCUT2D eigenvalue weighted by atomic mass is 10.0. The van der Waals surface area contributed by atoms with E-state index in [1.54, 1.807) is 0 Å². The van der Waals surface area contributed by atoms with Crippen molar-refractivity contribution in [3.8, 4) is 5.75 Å². The summed E-state index contributed by atoms with van der Waals surface area (Å²) in [4.78, 5) is 12.7. The van der Waals surface area contributed by atoms with Gasteiger partial charge in [0, 0.05) is 12.0 Å². The molecule has 2 rings (SSSR count). The summed E-state index contributed by atoms with van der Waals surface area (Å²) in [5.74, 6) is 0.749. The van der Waals surface area contributed by atoms with E-state index in [9.17, 15) is 4.79 Å². The lowest BCUT2D eigenvalue weighted by Gasteiger charge is -2.34. The van der Waals surface area contributed by atoms with E-state index in [2.05, 4.69) is 51.4 Å². The van der Waals surface area contributed by atoms with E-state index in [0.29, 0.717) is 17.5 Å². The summed E-state index contributed by atoms with van der Waals surface area (Å²) >= 11 is 0.